The van der Waals surface area contributed by atoms with E-state index in [0.717, 1.165) is 10.1 Å². The highest BCUT2D eigenvalue weighted by Gasteiger charge is 2.20. The van der Waals surface area contributed by atoms with Crippen LogP contribution in [0.2, 0.25) is 0 Å². The predicted molar refractivity (Wildman–Crippen MR) is 107 cm³/mol. The van der Waals surface area contributed by atoms with Crippen LogP contribution in [0.15, 0.2) is 46.2 Å². The van der Waals surface area contributed by atoms with Crippen molar-refractivity contribution >= 4 is 17.1 Å². The van der Waals surface area contributed by atoms with Gasteiger partial charge in [0.2, 0.25) is 5.91 Å². The van der Waals surface area contributed by atoms with E-state index in [0.29, 0.717) is 30.2 Å². The Bertz CT molecular complexity index is 1090. The fourth-order valence-electron chi connectivity index (χ4n) is 3.22. The number of carbonyl (C=O) groups is 1. The molecule has 0 aliphatic heterocycles. The smallest absolute Gasteiger partial charge is 0.333 e. The van der Waals surface area contributed by atoms with Crippen LogP contribution in [0.25, 0.3) is 11.2 Å². The predicted octanol–water partition coefficient (Wildman–Crippen LogP) is 1.20. The van der Waals surface area contributed by atoms with Crippen LogP contribution in [0.1, 0.15) is 26.3 Å². The van der Waals surface area contributed by atoms with Gasteiger partial charge in [-0.3, -0.25) is 14.2 Å². The molecule has 2 heterocycles. The van der Waals surface area contributed by atoms with Crippen molar-refractivity contribution in [2.75, 3.05) is 6.54 Å². The van der Waals surface area contributed by atoms with Crippen LogP contribution in [0.4, 0.5) is 0 Å². The number of rotatable bonds is 7. The van der Waals surface area contributed by atoms with Crippen molar-refractivity contribution in [3.8, 4) is 0 Å². The second kappa shape index (κ2) is 8.24. The first-order valence-electron chi connectivity index (χ1n) is 9.41. The zero-order valence-electron chi connectivity index (χ0n) is 16.4. The zero-order valence-corrected chi connectivity index (χ0v) is 16.4. The van der Waals surface area contributed by atoms with Crippen LogP contribution in [0, 0.1) is 5.92 Å². The van der Waals surface area contributed by atoms with Gasteiger partial charge in [0.1, 0.15) is 6.54 Å². The van der Waals surface area contributed by atoms with E-state index in [4.69, 9.17) is 0 Å². The van der Waals surface area contributed by atoms with Gasteiger partial charge in [0, 0.05) is 13.1 Å². The van der Waals surface area contributed by atoms with Crippen LogP contribution < -0.4 is 16.6 Å². The van der Waals surface area contributed by atoms with E-state index < -0.39 is 11.2 Å². The molecule has 0 atom stereocenters. The molecule has 2 aromatic heterocycles. The number of carbonyl (C=O) groups excluding carboxylic acids is 1. The zero-order chi connectivity index (χ0) is 20.3. The second-order valence-corrected chi connectivity index (χ2v) is 7.16. The van der Waals surface area contributed by atoms with Gasteiger partial charge in [-0.2, -0.15) is 0 Å². The normalized spacial score (nSPS) is 11.3. The van der Waals surface area contributed by atoms with E-state index in [2.05, 4.69) is 10.3 Å². The topological polar surface area (TPSA) is 90.9 Å². The van der Waals surface area contributed by atoms with Crippen LogP contribution in [-0.2, 0) is 24.4 Å². The molecule has 1 amide bonds. The number of imidazole rings is 1. The molecule has 148 valence electrons. The molecule has 3 rings (SSSR count). The number of hydrogen-bond donors (Lipinski definition) is 1. The van der Waals surface area contributed by atoms with Gasteiger partial charge < -0.3 is 9.88 Å². The first-order valence-corrected chi connectivity index (χ1v) is 9.41. The van der Waals surface area contributed by atoms with Gasteiger partial charge in [-0.15, -0.1) is 0 Å². The molecule has 1 aromatic carbocycles. The Labute approximate surface area is 162 Å². The Hall–Kier alpha value is -3.16. The molecule has 8 nitrogen and oxygen atoms in total. The van der Waals surface area contributed by atoms with Crippen molar-refractivity contribution in [3.05, 3.63) is 63.1 Å². The molecule has 0 aliphatic carbocycles. The molecule has 0 saturated heterocycles. The number of hydrogen-bond acceptors (Lipinski definition) is 4. The monoisotopic (exact) mass is 383 g/mol. The molecule has 0 aliphatic rings. The largest absolute Gasteiger partial charge is 0.355 e. The minimum Gasteiger partial charge on any atom is -0.355 e. The molecule has 0 fully saturated rings. The average Bonchev–Trinajstić information content (AvgIpc) is 3.06. The lowest BCUT2D eigenvalue weighted by atomic mass is 10.2. The number of fused-ring (bicyclic) bond motifs is 1. The van der Waals surface area contributed by atoms with Gasteiger partial charge in [0.25, 0.3) is 5.56 Å². The summed E-state index contributed by atoms with van der Waals surface area (Å²) in [5.41, 5.74) is 0.559. The van der Waals surface area contributed by atoms with Crippen LogP contribution in [0.5, 0.6) is 0 Å². The Kier molecular flexibility index (Phi) is 5.77. The minimum atomic E-state index is -0.539. The minimum absolute atomic E-state index is 0.268. The Morgan fingerprint density at radius 1 is 1.14 bits per heavy atom. The lowest BCUT2D eigenvalue weighted by molar-refractivity contribution is -0.121. The maximum atomic E-state index is 13.1. The summed E-state index contributed by atoms with van der Waals surface area (Å²) in [6.45, 7) is 6.84. The summed E-state index contributed by atoms with van der Waals surface area (Å²) in [5.74, 6) is -0.0784. The first-order chi connectivity index (χ1) is 13.4. The molecule has 0 radical (unpaired) electrons. The lowest BCUT2D eigenvalue weighted by Crippen LogP contribution is -2.44. The summed E-state index contributed by atoms with van der Waals surface area (Å²) < 4.78 is 4.22. The van der Waals surface area contributed by atoms with Crippen molar-refractivity contribution in [1.82, 2.24) is 24.0 Å². The number of likely N-dealkylation sites (N-methyl/N-ethyl adjacent to an activating group) is 1. The van der Waals surface area contributed by atoms with Crippen LogP contribution in [0.3, 0.4) is 0 Å². The summed E-state index contributed by atoms with van der Waals surface area (Å²) in [5, 5.41) is 2.64. The molecule has 0 bridgehead atoms. The van der Waals surface area contributed by atoms with E-state index in [9.17, 15) is 14.4 Å². The molecule has 3 aromatic rings. The van der Waals surface area contributed by atoms with E-state index in [-0.39, 0.29) is 19.0 Å². The van der Waals surface area contributed by atoms with Crippen molar-refractivity contribution in [2.45, 2.75) is 40.4 Å². The maximum absolute atomic E-state index is 13.1. The molecular weight excluding hydrogens is 358 g/mol. The average molecular weight is 383 g/mol. The molecule has 0 unspecified atom stereocenters. The first kappa shape index (κ1) is 19.6. The summed E-state index contributed by atoms with van der Waals surface area (Å²) in [7, 11) is 0. The third-order valence-corrected chi connectivity index (χ3v) is 4.40. The molecule has 0 saturated carbocycles. The summed E-state index contributed by atoms with van der Waals surface area (Å²) >= 11 is 0. The van der Waals surface area contributed by atoms with E-state index in [1.165, 1.54) is 4.57 Å². The lowest BCUT2D eigenvalue weighted by Gasteiger charge is -2.13. The van der Waals surface area contributed by atoms with Crippen molar-refractivity contribution in [3.63, 3.8) is 0 Å². The van der Waals surface area contributed by atoms with Crippen LogP contribution in [-0.4, -0.2) is 31.1 Å². The molecular formula is C20H25N5O3. The second-order valence-electron chi connectivity index (χ2n) is 7.16. The molecule has 1 N–H and O–H groups in total. The van der Waals surface area contributed by atoms with Crippen molar-refractivity contribution < 1.29 is 4.79 Å². The standard InChI is InChI=1S/C20H25N5O3/c1-4-21-16(26)12-25-19(27)17-18(22-13-23(17)10-14(2)3)24(20(25)28)11-15-8-6-5-7-9-15/h5-9,13-14H,4,10-12H2,1-3H3,(H,21,26). The SMILES string of the molecule is CCNC(=O)Cn1c(=O)c2c(ncn2CC(C)C)n(Cc2ccccc2)c1=O. The fourth-order valence-corrected chi connectivity index (χ4v) is 3.22. The number of aromatic nitrogens is 4. The number of benzene rings is 1. The number of amides is 1. The van der Waals surface area contributed by atoms with Gasteiger partial charge in [0.05, 0.1) is 12.9 Å². The third kappa shape index (κ3) is 3.90. The molecule has 8 heteroatoms. The highest BCUT2D eigenvalue weighted by atomic mass is 16.2. The molecule has 28 heavy (non-hydrogen) atoms. The highest BCUT2D eigenvalue weighted by Crippen LogP contribution is 2.11. The van der Waals surface area contributed by atoms with Gasteiger partial charge in [-0.1, -0.05) is 44.2 Å². The van der Waals surface area contributed by atoms with Gasteiger partial charge >= 0.3 is 5.69 Å². The number of nitrogens with zero attached hydrogens (tertiary/aromatic N) is 4. The fraction of sp³-hybridized carbons (Fsp3) is 0.400. The van der Waals surface area contributed by atoms with Crippen molar-refractivity contribution in [1.29, 1.82) is 0 Å². The van der Waals surface area contributed by atoms with E-state index >= 15 is 0 Å². The van der Waals surface area contributed by atoms with Gasteiger partial charge in [-0.25, -0.2) is 14.3 Å². The van der Waals surface area contributed by atoms with Gasteiger partial charge in [0.15, 0.2) is 11.2 Å². The maximum Gasteiger partial charge on any atom is 0.333 e. The van der Waals surface area contributed by atoms with E-state index in [1.807, 2.05) is 44.2 Å². The molecule has 0 spiro atoms. The van der Waals surface area contributed by atoms with Crippen LogP contribution >= 0.6 is 0 Å². The Morgan fingerprint density at radius 3 is 2.50 bits per heavy atom. The Balaban J connectivity index is 2.22. The Morgan fingerprint density at radius 2 is 1.86 bits per heavy atom. The summed E-state index contributed by atoms with van der Waals surface area (Å²) in [6, 6.07) is 9.49. The quantitative estimate of drug-likeness (QED) is 0.664. The highest BCUT2D eigenvalue weighted by molar-refractivity contribution is 5.76. The third-order valence-electron chi connectivity index (χ3n) is 4.40. The number of nitrogens with one attached hydrogen (secondary N) is 1. The summed E-state index contributed by atoms with van der Waals surface area (Å²) in [6.07, 6.45) is 1.59. The van der Waals surface area contributed by atoms with E-state index in [1.54, 1.807) is 17.8 Å². The van der Waals surface area contributed by atoms with Crippen molar-refractivity contribution in [2.24, 2.45) is 5.92 Å². The van der Waals surface area contributed by atoms with Gasteiger partial charge in [-0.05, 0) is 18.4 Å². The summed E-state index contributed by atoms with van der Waals surface area (Å²) in [4.78, 5) is 42.6.